The molecule has 2 N–H and O–H groups in total. The molecule has 8 heteroatoms. The summed E-state index contributed by atoms with van der Waals surface area (Å²) in [5, 5.41) is 8.74. The fourth-order valence-electron chi connectivity index (χ4n) is 4.92. The number of ether oxygens (including phenoxy) is 3. The minimum atomic E-state index is -0.0291. The second kappa shape index (κ2) is 11.6. The van der Waals surface area contributed by atoms with E-state index in [9.17, 15) is 4.79 Å². The second-order valence-corrected chi connectivity index (χ2v) is 9.37. The first-order valence-electron chi connectivity index (χ1n) is 12.7. The van der Waals surface area contributed by atoms with Crippen LogP contribution in [0.25, 0.3) is 10.8 Å². The molecule has 1 atom stereocenters. The molecule has 1 aromatic heterocycles. The monoisotopic (exact) mass is 490 g/mol. The standard InChI is InChI=1S/C28H34N4O4/c1-34-15-11-29-28-23-8-3-2-6-20(23)16-24(31-28)21-7-4-12-32(18-21)19-27(33)30-22-9-10-25-26(17-22)36-14-5-13-35-25/h2-3,6,8-10,16-17,21H,4-5,7,11-15,18-19H2,1H3,(H,29,31)(H,30,33)/t21-/m0/s1. The van der Waals surface area contributed by atoms with E-state index in [4.69, 9.17) is 19.2 Å². The Morgan fingerprint density at radius 1 is 1.11 bits per heavy atom. The van der Waals surface area contributed by atoms with Gasteiger partial charge in [-0.2, -0.15) is 0 Å². The van der Waals surface area contributed by atoms with Crippen molar-refractivity contribution in [3.05, 3.63) is 54.2 Å². The lowest BCUT2D eigenvalue weighted by Crippen LogP contribution is -2.40. The molecule has 2 aliphatic heterocycles. The van der Waals surface area contributed by atoms with E-state index in [-0.39, 0.29) is 11.8 Å². The Kier molecular flexibility index (Phi) is 7.83. The SMILES string of the molecule is COCCNc1nc([C@H]2CCCN(CC(=O)Nc3ccc4c(c3)OCCCO4)C2)cc2ccccc12. The molecule has 2 aliphatic rings. The van der Waals surface area contributed by atoms with E-state index in [0.717, 1.165) is 60.7 Å². The summed E-state index contributed by atoms with van der Waals surface area (Å²) >= 11 is 0. The van der Waals surface area contributed by atoms with Gasteiger partial charge in [-0.05, 0) is 43.0 Å². The summed E-state index contributed by atoms with van der Waals surface area (Å²) < 4.78 is 16.6. The average molecular weight is 491 g/mol. The number of fused-ring (bicyclic) bond motifs is 2. The van der Waals surface area contributed by atoms with Crippen LogP contribution < -0.4 is 20.1 Å². The first-order chi connectivity index (χ1) is 17.7. The van der Waals surface area contributed by atoms with Crippen LogP contribution in [0.3, 0.4) is 0 Å². The molecule has 1 amide bonds. The Labute approximate surface area is 211 Å². The number of piperidine rings is 1. The van der Waals surface area contributed by atoms with Gasteiger partial charge in [0.05, 0.1) is 26.4 Å². The first kappa shape index (κ1) is 24.3. The zero-order valence-electron chi connectivity index (χ0n) is 20.8. The van der Waals surface area contributed by atoms with Gasteiger partial charge >= 0.3 is 0 Å². The molecule has 190 valence electrons. The highest BCUT2D eigenvalue weighted by molar-refractivity contribution is 5.93. The number of hydrogen-bond acceptors (Lipinski definition) is 7. The number of pyridine rings is 1. The predicted octanol–water partition coefficient (Wildman–Crippen LogP) is 4.27. The molecule has 36 heavy (non-hydrogen) atoms. The third kappa shape index (κ3) is 5.88. The summed E-state index contributed by atoms with van der Waals surface area (Å²) in [6, 6.07) is 16.1. The van der Waals surface area contributed by atoms with E-state index >= 15 is 0 Å². The lowest BCUT2D eigenvalue weighted by atomic mass is 9.93. The van der Waals surface area contributed by atoms with Crippen LogP contribution in [0.1, 0.15) is 30.9 Å². The van der Waals surface area contributed by atoms with Crippen molar-refractivity contribution in [1.82, 2.24) is 9.88 Å². The highest BCUT2D eigenvalue weighted by Crippen LogP contribution is 2.33. The van der Waals surface area contributed by atoms with Crippen molar-refractivity contribution in [3.63, 3.8) is 0 Å². The summed E-state index contributed by atoms with van der Waals surface area (Å²) in [6.45, 7) is 4.63. The Balaban J connectivity index is 1.24. The molecular weight excluding hydrogens is 456 g/mol. The van der Waals surface area contributed by atoms with E-state index in [1.165, 1.54) is 5.39 Å². The molecule has 8 nitrogen and oxygen atoms in total. The Morgan fingerprint density at radius 3 is 2.86 bits per heavy atom. The zero-order valence-corrected chi connectivity index (χ0v) is 20.8. The number of nitrogens with zero attached hydrogens (tertiary/aromatic N) is 2. The Morgan fingerprint density at radius 2 is 1.97 bits per heavy atom. The number of carbonyl (C=O) groups excluding carboxylic acids is 1. The lowest BCUT2D eigenvalue weighted by Gasteiger charge is -2.32. The lowest BCUT2D eigenvalue weighted by molar-refractivity contribution is -0.117. The minimum Gasteiger partial charge on any atom is -0.490 e. The third-order valence-corrected chi connectivity index (χ3v) is 6.68. The van der Waals surface area contributed by atoms with Crippen molar-refractivity contribution >= 4 is 28.2 Å². The van der Waals surface area contributed by atoms with Crippen molar-refractivity contribution in [2.24, 2.45) is 0 Å². The number of anilines is 2. The van der Waals surface area contributed by atoms with Crippen LogP contribution in [0.15, 0.2) is 48.5 Å². The first-order valence-corrected chi connectivity index (χ1v) is 12.7. The van der Waals surface area contributed by atoms with E-state index in [2.05, 4.69) is 39.8 Å². The van der Waals surface area contributed by atoms with Gasteiger partial charge in [0.25, 0.3) is 0 Å². The molecule has 5 rings (SSSR count). The number of hydrogen-bond donors (Lipinski definition) is 2. The highest BCUT2D eigenvalue weighted by Gasteiger charge is 2.25. The summed E-state index contributed by atoms with van der Waals surface area (Å²) in [6.07, 6.45) is 2.94. The molecule has 2 aromatic carbocycles. The molecule has 3 heterocycles. The number of benzene rings is 2. The Hall–Kier alpha value is -3.36. The molecule has 0 spiro atoms. The van der Waals surface area contributed by atoms with Crippen molar-refractivity contribution in [2.75, 3.05) is 63.7 Å². The highest BCUT2D eigenvalue weighted by atomic mass is 16.5. The number of rotatable bonds is 8. The van der Waals surface area contributed by atoms with Crippen molar-refractivity contribution < 1.29 is 19.0 Å². The van der Waals surface area contributed by atoms with Crippen LogP contribution in [0.2, 0.25) is 0 Å². The topological polar surface area (TPSA) is 85.0 Å². The molecule has 1 saturated heterocycles. The fourth-order valence-corrected chi connectivity index (χ4v) is 4.92. The van der Waals surface area contributed by atoms with Crippen LogP contribution in [0, 0.1) is 0 Å². The van der Waals surface area contributed by atoms with Gasteiger partial charge in [-0.15, -0.1) is 0 Å². The number of carbonyl (C=O) groups is 1. The maximum atomic E-state index is 12.9. The molecule has 3 aromatic rings. The van der Waals surface area contributed by atoms with Gasteiger partial charge < -0.3 is 24.8 Å². The van der Waals surface area contributed by atoms with Crippen molar-refractivity contribution in [3.8, 4) is 11.5 Å². The smallest absolute Gasteiger partial charge is 0.238 e. The van der Waals surface area contributed by atoms with E-state index in [0.29, 0.717) is 38.7 Å². The number of likely N-dealkylation sites (tertiary alicyclic amines) is 1. The van der Waals surface area contributed by atoms with Crippen LogP contribution in [-0.2, 0) is 9.53 Å². The van der Waals surface area contributed by atoms with Gasteiger partial charge in [0.1, 0.15) is 5.82 Å². The Bertz CT molecular complexity index is 1200. The third-order valence-electron chi connectivity index (χ3n) is 6.68. The average Bonchev–Trinajstić information content (AvgIpc) is 3.14. The molecule has 0 saturated carbocycles. The molecular formula is C28H34N4O4. The van der Waals surface area contributed by atoms with Crippen LogP contribution in [-0.4, -0.2) is 68.9 Å². The largest absolute Gasteiger partial charge is 0.490 e. The molecule has 0 radical (unpaired) electrons. The van der Waals surface area contributed by atoms with Gasteiger partial charge in [0, 0.05) is 55.4 Å². The van der Waals surface area contributed by atoms with Crippen LogP contribution in [0.4, 0.5) is 11.5 Å². The van der Waals surface area contributed by atoms with Crippen molar-refractivity contribution in [2.45, 2.75) is 25.2 Å². The second-order valence-electron chi connectivity index (χ2n) is 9.37. The van der Waals surface area contributed by atoms with Gasteiger partial charge in [0.2, 0.25) is 5.91 Å². The van der Waals surface area contributed by atoms with E-state index < -0.39 is 0 Å². The quantitative estimate of drug-likeness (QED) is 0.456. The molecule has 0 bridgehead atoms. The summed E-state index contributed by atoms with van der Waals surface area (Å²) in [5.74, 6) is 2.55. The van der Waals surface area contributed by atoms with Crippen LogP contribution >= 0.6 is 0 Å². The zero-order chi connectivity index (χ0) is 24.7. The number of nitrogens with one attached hydrogen (secondary N) is 2. The van der Waals surface area contributed by atoms with Gasteiger partial charge in [-0.25, -0.2) is 4.98 Å². The van der Waals surface area contributed by atoms with Gasteiger partial charge in [-0.1, -0.05) is 24.3 Å². The van der Waals surface area contributed by atoms with E-state index in [1.807, 2.05) is 24.3 Å². The maximum absolute atomic E-state index is 12.9. The molecule has 0 aliphatic carbocycles. The molecule has 1 fully saturated rings. The molecule has 0 unspecified atom stereocenters. The fraction of sp³-hybridized carbons (Fsp3) is 0.429. The summed E-state index contributed by atoms with van der Waals surface area (Å²) in [7, 11) is 1.70. The number of amides is 1. The van der Waals surface area contributed by atoms with Gasteiger partial charge in [0.15, 0.2) is 11.5 Å². The summed E-state index contributed by atoms with van der Waals surface area (Å²) in [5.41, 5.74) is 1.79. The predicted molar refractivity (Wildman–Crippen MR) is 141 cm³/mol. The maximum Gasteiger partial charge on any atom is 0.238 e. The number of methoxy groups -OCH3 is 1. The van der Waals surface area contributed by atoms with Crippen LogP contribution in [0.5, 0.6) is 11.5 Å². The van der Waals surface area contributed by atoms with E-state index in [1.54, 1.807) is 7.11 Å². The normalized spacial score (nSPS) is 18.0. The minimum absolute atomic E-state index is 0.0291. The van der Waals surface area contributed by atoms with Crippen molar-refractivity contribution in [1.29, 1.82) is 0 Å². The summed E-state index contributed by atoms with van der Waals surface area (Å²) in [4.78, 5) is 20.1. The number of aromatic nitrogens is 1. The van der Waals surface area contributed by atoms with Gasteiger partial charge in [-0.3, -0.25) is 9.69 Å².